The van der Waals surface area contributed by atoms with Crippen LogP contribution in [0.3, 0.4) is 0 Å². The van der Waals surface area contributed by atoms with Crippen molar-refractivity contribution in [3.63, 3.8) is 0 Å². The van der Waals surface area contributed by atoms with Crippen LogP contribution in [0.25, 0.3) is 0 Å². The molecule has 0 unspecified atom stereocenters. The number of rotatable bonds is 4. The largest absolute Gasteiger partial charge is 0.395 e. The Morgan fingerprint density at radius 3 is 2.50 bits per heavy atom. The van der Waals surface area contributed by atoms with Gasteiger partial charge in [-0.2, -0.15) is 0 Å². The first-order chi connectivity index (χ1) is 8.40. The first-order valence-electron chi connectivity index (χ1n) is 5.76. The maximum atomic E-state index is 13.8. The second-order valence-corrected chi connectivity index (χ2v) is 4.37. The lowest BCUT2D eigenvalue weighted by Gasteiger charge is -2.26. The molecule has 0 saturated carbocycles. The normalized spacial score (nSPS) is 10.8. The molecule has 3 nitrogen and oxygen atoms in total. The van der Waals surface area contributed by atoms with Gasteiger partial charge in [0.15, 0.2) is 0 Å². The van der Waals surface area contributed by atoms with Gasteiger partial charge >= 0.3 is 0 Å². The van der Waals surface area contributed by atoms with E-state index in [2.05, 4.69) is 0 Å². The molecule has 1 rings (SSSR count). The number of aliphatic hydroxyl groups is 1. The summed E-state index contributed by atoms with van der Waals surface area (Å²) >= 11 is 0. The Morgan fingerprint density at radius 2 is 2.00 bits per heavy atom. The number of aliphatic hydroxyl groups excluding tert-OH is 1. The minimum atomic E-state index is -0.883. The van der Waals surface area contributed by atoms with Crippen LogP contribution in [0, 0.1) is 18.6 Å². The lowest BCUT2D eigenvalue weighted by molar-refractivity contribution is 0.0655. The fourth-order valence-corrected chi connectivity index (χ4v) is 1.70. The van der Waals surface area contributed by atoms with Crippen molar-refractivity contribution in [1.82, 2.24) is 4.90 Å². The van der Waals surface area contributed by atoms with E-state index in [-0.39, 0.29) is 24.8 Å². The third-order valence-electron chi connectivity index (χ3n) is 2.72. The molecule has 0 aliphatic heterocycles. The molecule has 100 valence electrons. The summed E-state index contributed by atoms with van der Waals surface area (Å²) in [5.41, 5.74) is -0.343. The molecule has 0 aliphatic carbocycles. The highest BCUT2D eigenvalue weighted by molar-refractivity contribution is 5.95. The number of halogens is 2. The third kappa shape index (κ3) is 2.85. The molecule has 5 heteroatoms. The average molecular weight is 257 g/mol. The zero-order chi connectivity index (χ0) is 13.9. The van der Waals surface area contributed by atoms with Gasteiger partial charge in [-0.05, 0) is 32.4 Å². The van der Waals surface area contributed by atoms with Gasteiger partial charge < -0.3 is 10.0 Å². The van der Waals surface area contributed by atoms with E-state index < -0.39 is 23.1 Å². The van der Waals surface area contributed by atoms with Gasteiger partial charge in [-0.1, -0.05) is 6.07 Å². The van der Waals surface area contributed by atoms with Gasteiger partial charge in [0.05, 0.1) is 6.61 Å². The molecule has 0 aliphatic rings. The third-order valence-corrected chi connectivity index (χ3v) is 2.72. The van der Waals surface area contributed by atoms with Gasteiger partial charge in [-0.3, -0.25) is 4.79 Å². The van der Waals surface area contributed by atoms with E-state index in [9.17, 15) is 13.6 Å². The molecule has 0 heterocycles. The van der Waals surface area contributed by atoms with Gasteiger partial charge in [0.2, 0.25) is 0 Å². The monoisotopic (exact) mass is 257 g/mol. The van der Waals surface area contributed by atoms with Gasteiger partial charge in [0.1, 0.15) is 17.2 Å². The van der Waals surface area contributed by atoms with Gasteiger partial charge in [0.25, 0.3) is 5.91 Å². The number of nitrogens with zero attached hydrogens (tertiary/aromatic N) is 1. The number of carbonyl (C=O) groups is 1. The molecular formula is C13H17F2NO2. The van der Waals surface area contributed by atoms with E-state index in [1.807, 2.05) is 0 Å². The number of hydrogen-bond acceptors (Lipinski definition) is 2. The van der Waals surface area contributed by atoms with Gasteiger partial charge in [-0.25, -0.2) is 8.78 Å². The molecule has 1 aromatic rings. The quantitative estimate of drug-likeness (QED) is 0.897. The number of benzene rings is 1. The van der Waals surface area contributed by atoms with Crippen LogP contribution >= 0.6 is 0 Å². The number of aryl methyl sites for hydroxylation is 1. The first-order valence-corrected chi connectivity index (χ1v) is 5.76. The summed E-state index contributed by atoms with van der Waals surface area (Å²) in [4.78, 5) is 13.3. The molecule has 0 atom stereocenters. The number of hydrogen-bond donors (Lipinski definition) is 1. The summed E-state index contributed by atoms with van der Waals surface area (Å²) in [6.45, 7) is 4.71. The molecule has 0 radical (unpaired) electrons. The summed E-state index contributed by atoms with van der Waals surface area (Å²) in [5, 5.41) is 8.89. The van der Waals surface area contributed by atoms with Crippen LogP contribution in [-0.4, -0.2) is 35.1 Å². The molecule has 0 aromatic heterocycles. The molecule has 1 amide bonds. The van der Waals surface area contributed by atoms with Gasteiger partial charge in [0, 0.05) is 12.6 Å². The van der Waals surface area contributed by atoms with Crippen LogP contribution in [0.1, 0.15) is 29.8 Å². The van der Waals surface area contributed by atoms with Crippen molar-refractivity contribution >= 4 is 5.91 Å². The lowest BCUT2D eigenvalue weighted by Crippen LogP contribution is -2.40. The molecule has 18 heavy (non-hydrogen) atoms. The van der Waals surface area contributed by atoms with E-state index in [1.165, 1.54) is 17.9 Å². The highest BCUT2D eigenvalue weighted by Crippen LogP contribution is 2.19. The maximum absolute atomic E-state index is 13.8. The van der Waals surface area contributed by atoms with Crippen LogP contribution < -0.4 is 0 Å². The van der Waals surface area contributed by atoms with Crippen molar-refractivity contribution in [3.05, 3.63) is 34.9 Å². The van der Waals surface area contributed by atoms with Crippen LogP contribution in [0.5, 0.6) is 0 Å². The van der Waals surface area contributed by atoms with E-state index in [4.69, 9.17) is 5.11 Å². The van der Waals surface area contributed by atoms with Crippen LogP contribution in [0.4, 0.5) is 8.78 Å². The highest BCUT2D eigenvalue weighted by Gasteiger charge is 2.25. The fourth-order valence-electron chi connectivity index (χ4n) is 1.70. The Labute approximate surface area is 105 Å². The van der Waals surface area contributed by atoms with Crippen LogP contribution in [0.2, 0.25) is 0 Å². The summed E-state index contributed by atoms with van der Waals surface area (Å²) in [6.07, 6.45) is 0. The number of carbonyl (C=O) groups excluding carboxylic acids is 1. The Kier molecular flexibility index (Phi) is 4.78. The molecule has 1 N–H and O–H groups in total. The van der Waals surface area contributed by atoms with E-state index in [1.54, 1.807) is 13.8 Å². The number of amides is 1. The summed E-state index contributed by atoms with van der Waals surface area (Å²) in [5.74, 6) is -2.46. The minimum Gasteiger partial charge on any atom is -0.395 e. The van der Waals surface area contributed by atoms with Crippen molar-refractivity contribution in [2.45, 2.75) is 26.8 Å². The standard InChI is InChI=1S/C13H17F2NO2/c1-8(2)16(6-7-17)13(18)11-10(14)5-4-9(3)12(11)15/h4-5,8,17H,6-7H2,1-3H3. The van der Waals surface area contributed by atoms with Crippen LogP contribution in [0.15, 0.2) is 12.1 Å². The summed E-state index contributed by atoms with van der Waals surface area (Å²) in [7, 11) is 0. The molecule has 1 aromatic carbocycles. The zero-order valence-electron chi connectivity index (χ0n) is 10.7. The minimum absolute atomic E-state index is 0.0450. The summed E-state index contributed by atoms with van der Waals surface area (Å²) < 4.78 is 27.4. The predicted octanol–water partition coefficient (Wildman–Crippen LogP) is 2.12. The van der Waals surface area contributed by atoms with Crippen molar-refractivity contribution in [2.75, 3.05) is 13.2 Å². The van der Waals surface area contributed by atoms with Crippen molar-refractivity contribution in [2.24, 2.45) is 0 Å². The first kappa shape index (κ1) is 14.6. The summed E-state index contributed by atoms with van der Waals surface area (Å²) in [6, 6.07) is 2.11. The fraction of sp³-hybridized carbons (Fsp3) is 0.462. The Balaban J connectivity index is 3.20. The molecule has 0 bridgehead atoms. The van der Waals surface area contributed by atoms with Gasteiger partial charge in [-0.15, -0.1) is 0 Å². The van der Waals surface area contributed by atoms with Crippen LogP contribution in [-0.2, 0) is 0 Å². The topological polar surface area (TPSA) is 40.5 Å². The molecule has 0 spiro atoms. The second-order valence-electron chi connectivity index (χ2n) is 4.37. The van der Waals surface area contributed by atoms with E-state index in [0.717, 1.165) is 6.07 Å². The average Bonchev–Trinajstić information content (AvgIpc) is 2.30. The van der Waals surface area contributed by atoms with Crippen molar-refractivity contribution < 1.29 is 18.7 Å². The molecular weight excluding hydrogens is 240 g/mol. The SMILES string of the molecule is Cc1ccc(F)c(C(=O)N(CCO)C(C)C)c1F. The Bertz CT molecular complexity index is 447. The predicted molar refractivity (Wildman–Crippen MR) is 64.4 cm³/mol. The Morgan fingerprint density at radius 1 is 1.39 bits per heavy atom. The smallest absolute Gasteiger partial charge is 0.260 e. The van der Waals surface area contributed by atoms with Crippen molar-refractivity contribution in [1.29, 1.82) is 0 Å². The Hall–Kier alpha value is -1.49. The highest BCUT2D eigenvalue weighted by atomic mass is 19.1. The second kappa shape index (κ2) is 5.91. The lowest BCUT2D eigenvalue weighted by atomic mass is 10.1. The van der Waals surface area contributed by atoms with E-state index in [0.29, 0.717) is 0 Å². The van der Waals surface area contributed by atoms with Crippen molar-refractivity contribution in [3.8, 4) is 0 Å². The molecule has 0 saturated heterocycles. The zero-order valence-corrected chi connectivity index (χ0v) is 10.7. The molecule has 0 fully saturated rings. The van der Waals surface area contributed by atoms with E-state index >= 15 is 0 Å². The maximum Gasteiger partial charge on any atom is 0.260 e.